The van der Waals surface area contributed by atoms with E-state index in [9.17, 15) is 4.79 Å². The number of H-pyrrole nitrogens is 1. The molecule has 0 radical (unpaired) electrons. The molecule has 4 N–H and O–H groups in total. The number of hydrogen-bond donors (Lipinski definition) is 3. The predicted molar refractivity (Wildman–Crippen MR) is 95.3 cm³/mol. The molecule has 0 aromatic carbocycles. The number of nitrogens with two attached hydrogens (primary N) is 1. The molecule has 2 unspecified atom stereocenters. The van der Waals surface area contributed by atoms with E-state index in [4.69, 9.17) is 16.3 Å². The maximum absolute atomic E-state index is 9.70. The first-order valence-corrected chi connectivity index (χ1v) is 7.71. The normalized spacial score (nSPS) is 17.2. The van der Waals surface area contributed by atoms with Crippen LogP contribution in [-0.2, 0) is 9.59 Å². The van der Waals surface area contributed by atoms with Crippen LogP contribution in [0.15, 0.2) is 6.20 Å². The number of imidazole rings is 1. The number of aliphatic hydroxyl groups is 1. The number of aromatic amines is 1. The van der Waals surface area contributed by atoms with Crippen LogP contribution in [0.4, 0.5) is 0 Å². The maximum atomic E-state index is 9.70. The van der Waals surface area contributed by atoms with Gasteiger partial charge in [-0.25, -0.2) is 4.98 Å². The summed E-state index contributed by atoms with van der Waals surface area (Å²) in [6, 6.07) is 0.432. The third-order valence-electron chi connectivity index (χ3n) is 3.41. The standard InChI is InChI=1S/C10H13N3.C5H10O2.CH5N.CH2O/c1-3-8-7-11-10(12-8)9-5-4-6-13(9)2;1-4(2)5(7)3-6;2*1-2/h1,7,9H,4-6H2,2H3,(H,11,12);3-5,7H,1-2H3;2H2,1H3;1H2. The van der Waals surface area contributed by atoms with Gasteiger partial charge in [0.1, 0.15) is 30.7 Å². The molecule has 136 valence electrons. The number of aromatic nitrogens is 2. The van der Waals surface area contributed by atoms with Crippen LogP contribution >= 0.6 is 0 Å². The number of carbonyl (C=O) groups excluding carboxylic acids is 2. The van der Waals surface area contributed by atoms with Crippen molar-refractivity contribution in [3.8, 4) is 12.3 Å². The molecular weight excluding hydrogens is 308 g/mol. The summed E-state index contributed by atoms with van der Waals surface area (Å²) in [5.41, 5.74) is 5.27. The largest absolute Gasteiger partial charge is 0.385 e. The molecule has 2 heterocycles. The Hall–Kier alpha value is -2.01. The van der Waals surface area contributed by atoms with Crippen LogP contribution in [0.2, 0.25) is 0 Å². The van der Waals surface area contributed by atoms with Crippen molar-refractivity contribution in [2.75, 3.05) is 20.6 Å². The van der Waals surface area contributed by atoms with Gasteiger partial charge >= 0.3 is 0 Å². The molecule has 2 atom stereocenters. The number of nitrogens with zero attached hydrogens (tertiary/aromatic N) is 2. The number of nitrogens with one attached hydrogen (secondary N) is 1. The third-order valence-corrected chi connectivity index (χ3v) is 3.41. The Balaban J connectivity index is 0. The molecule has 24 heavy (non-hydrogen) atoms. The Morgan fingerprint density at radius 1 is 1.54 bits per heavy atom. The molecule has 0 aliphatic carbocycles. The first kappa shape index (κ1) is 24.2. The fourth-order valence-corrected chi connectivity index (χ4v) is 1.99. The van der Waals surface area contributed by atoms with E-state index in [0.29, 0.717) is 12.3 Å². The molecule has 1 aromatic rings. The van der Waals surface area contributed by atoms with E-state index in [1.165, 1.54) is 19.9 Å². The van der Waals surface area contributed by atoms with Crippen molar-refractivity contribution in [2.24, 2.45) is 11.7 Å². The number of aldehydes is 1. The highest BCUT2D eigenvalue weighted by Crippen LogP contribution is 2.27. The number of likely N-dealkylation sites (tertiary alicyclic amines) is 1. The van der Waals surface area contributed by atoms with E-state index in [0.717, 1.165) is 18.1 Å². The minimum absolute atomic E-state index is 0.0532. The van der Waals surface area contributed by atoms with Crippen molar-refractivity contribution >= 4 is 13.1 Å². The number of carbonyl (C=O) groups is 2. The van der Waals surface area contributed by atoms with Crippen LogP contribution in [0.25, 0.3) is 0 Å². The van der Waals surface area contributed by atoms with Gasteiger partial charge in [0.05, 0.1) is 12.2 Å². The molecule has 0 bridgehead atoms. The van der Waals surface area contributed by atoms with Crippen molar-refractivity contribution in [1.29, 1.82) is 0 Å². The molecule has 0 amide bonds. The highest BCUT2D eigenvalue weighted by molar-refractivity contribution is 5.55. The molecule has 7 nitrogen and oxygen atoms in total. The van der Waals surface area contributed by atoms with Gasteiger partial charge in [-0.15, -0.1) is 6.42 Å². The average Bonchev–Trinajstić information content (AvgIpc) is 3.26. The van der Waals surface area contributed by atoms with Crippen LogP contribution < -0.4 is 5.73 Å². The lowest BCUT2D eigenvalue weighted by Crippen LogP contribution is -2.18. The minimum atomic E-state index is -0.778. The Bertz CT molecular complexity index is 482. The lowest BCUT2D eigenvalue weighted by molar-refractivity contribution is -0.116. The molecule has 7 heteroatoms. The Kier molecular flexibility index (Phi) is 14.7. The summed E-state index contributed by atoms with van der Waals surface area (Å²) in [7, 11) is 3.62. The smallest absolute Gasteiger partial charge is 0.148 e. The van der Waals surface area contributed by atoms with Gasteiger partial charge in [0.2, 0.25) is 0 Å². The summed E-state index contributed by atoms with van der Waals surface area (Å²) in [5.74, 6) is 3.61. The fraction of sp³-hybridized carbons (Fsp3) is 0.588. The van der Waals surface area contributed by atoms with Crippen molar-refractivity contribution in [2.45, 2.75) is 38.8 Å². The van der Waals surface area contributed by atoms with Gasteiger partial charge in [0.25, 0.3) is 0 Å². The molecule has 1 aliphatic rings. The average molecular weight is 338 g/mol. The monoisotopic (exact) mass is 338 g/mol. The zero-order valence-corrected chi connectivity index (χ0v) is 15.0. The van der Waals surface area contributed by atoms with E-state index in [-0.39, 0.29) is 5.92 Å². The van der Waals surface area contributed by atoms with Crippen molar-refractivity contribution in [3.05, 3.63) is 17.7 Å². The van der Waals surface area contributed by atoms with E-state index in [2.05, 4.69) is 33.6 Å². The topological polar surface area (TPSA) is 112 Å². The van der Waals surface area contributed by atoms with Gasteiger partial charge in [0.15, 0.2) is 0 Å². The molecular formula is C17H30N4O3. The lowest BCUT2D eigenvalue weighted by Gasteiger charge is -2.16. The van der Waals surface area contributed by atoms with Gasteiger partial charge in [-0.2, -0.15) is 0 Å². The first-order chi connectivity index (χ1) is 11.5. The molecule has 0 saturated carbocycles. The Morgan fingerprint density at radius 2 is 2.12 bits per heavy atom. The van der Waals surface area contributed by atoms with Crippen molar-refractivity contribution < 1.29 is 14.7 Å². The van der Waals surface area contributed by atoms with Gasteiger partial charge in [0, 0.05) is 0 Å². The Morgan fingerprint density at radius 3 is 2.42 bits per heavy atom. The first-order valence-electron chi connectivity index (χ1n) is 7.71. The van der Waals surface area contributed by atoms with E-state index < -0.39 is 6.10 Å². The predicted octanol–water partition coefficient (Wildman–Crippen LogP) is 0.750. The number of terminal acetylenes is 1. The van der Waals surface area contributed by atoms with Crippen LogP contribution in [0.3, 0.4) is 0 Å². The quantitative estimate of drug-likeness (QED) is 0.554. The van der Waals surface area contributed by atoms with E-state index in [1.807, 2.05) is 6.79 Å². The summed E-state index contributed by atoms with van der Waals surface area (Å²) in [6.07, 6.45) is 9.17. The van der Waals surface area contributed by atoms with Crippen LogP contribution in [0.1, 0.15) is 44.2 Å². The minimum Gasteiger partial charge on any atom is -0.385 e. The van der Waals surface area contributed by atoms with Crippen molar-refractivity contribution in [1.82, 2.24) is 14.9 Å². The number of hydrogen-bond acceptors (Lipinski definition) is 6. The lowest BCUT2D eigenvalue weighted by atomic mass is 10.1. The van der Waals surface area contributed by atoms with Gasteiger partial charge < -0.3 is 25.4 Å². The SMILES string of the molecule is C#Cc1cnc(C2CCCN2C)[nH]1.C=O.CC(C)C(O)C=O.CN. The van der Waals surface area contributed by atoms with Gasteiger partial charge in [-0.3, -0.25) is 4.90 Å². The van der Waals surface area contributed by atoms with E-state index in [1.54, 1.807) is 20.0 Å². The fourth-order valence-electron chi connectivity index (χ4n) is 1.99. The molecule has 1 aromatic heterocycles. The van der Waals surface area contributed by atoms with Crippen LogP contribution in [0, 0.1) is 18.3 Å². The molecule has 1 fully saturated rings. The van der Waals surface area contributed by atoms with Crippen molar-refractivity contribution in [3.63, 3.8) is 0 Å². The third kappa shape index (κ3) is 8.58. The molecule has 1 saturated heterocycles. The number of rotatable bonds is 3. The summed E-state index contributed by atoms with van der Waals surface area (Å²) < 4.78 is 0. The highest BCUT2D eigenvalue weighted by Gasteiger charge is 2.24. The summed E-state index contributed by atoms with van der Waals surface area (Å²) in [4.78, 5) is 27.4. The second kappa shape index (κ2) is 14.6. The van der Waals surface area contributed by atoms with Gasteiger partial charge in [-0.1, -0.05) is 19.8 Å². The summed E-state index contributed by atoms with van der Waals surface area (Å²) >= 11 is 0. The summed E-state index contributed by atoms with van der Waals surface area (Å²) in [5, 5.41) is 8.57. The maximum Gasteiger partial charge on any atom is 0.148 e. The second-order valence-corrected chi connectivity index (χ2v) is 5.34. The Labute approximate surface area is 144 Å². The van der Waals surface area contributed by atoms with Crippen LogP contribution in [0.5, 0.6) is 0 Å². The highest BCUT2D eigenvalue weighted by atomic mass is 16.3. The van der Waals surface area contributed by atoms with Gasteiger partial charge in [-0.05, 0) is 39.4 Å². The molecule has 1 aliphatic heterocycles. The van der Waals surface area contributed by atoms with Crippen LogP contribution in [-0.4, -0.2) is 59.8 Å². The molecule has 2 rings (SSSR count). The second-order valence-electron chi connectivity index (χ2n) is 5.34. The zero-order chi connectivity index (χ0) is 19.1. The summed E-state index contributed by atoms with van der Waals surface area (Å²) in [6.45, 7) is 6.73. The zero-order valence-electron chi connectivity index (χ0n) is 15.0. The molecule has 0 spiro atoms. The number of aliphatic hydroxyl groups excluding tert-OH is 1. The van der Waals surface area contributed by atoms with E-state index >= 15 is 0 Å².